The zero-order chi connectivity index (χ0) is 7.68. The van der Waals surface area contributed by atoms with Crippen molar-refractivity contribution < 1.29 is 0 Å². The summed E-state index contributed by atoms with van der Waals surface area (Å²) in [6.45, 7) is 2.28. The van der Waals surface area contributed by atoms with E-state index in [-0.39, 0.29) is 0 Å². The van der Waals surface area contributed by atoms with E-state index in [1.807, 2.05) is 6.07 Å². The van der Waals surface area contributed by atoms with Gasteiger partial charge in [-0.05, 0) is 25.1 Å². The molecule has 1 saturated heterocycles. The highest BCUT2D eigenvalue weighted by atomic mass is 32.1. The first-order chi connectivity index (χ1) is 5.36. The Morgan fingerprint density at radius 2 is 2.45 bits per heavy atom. The quantitative estimate of drug-likeness (QED) is 0.665. The Labute approximate surface area is 70.4 Å². The van der Waals surface area contributed by atoms with Crippen molar-refractivity contribution in [3.63, 3.8) is 0 Å². The predicted molar refractivity (Wildman–Crippen MR) is 49.0 cm³/mol. The molecule has 1 atom stereocenters. The van der Waals surface area contributed by atoms with E-state index in [4.69, 9.17) is 5.73 Å². The fraction of sp³-hybridized carbons (Fsp3) is 0.500. The summed E-state index contributed by atoms with van der Waals surface area (Å²) in [6, 6.07) is 4.15. The normalized spacial score (nSPS) is 24.2. The maximum Gasteiger partial charge on any atom is 0.0859 e. The Hall–Kier alpha value is -0.540. The second-order valence-electron chi connectivity index (χ2n) is 2.93. The highest BCUT2D eigenvalue weighted by Crippen LogP contribution is 2.29. The van der Waals surface area contributed by atoms with E-state index < -0.39 is 0 Å². The number of hydrogen-bond donors (Lipinski definition) is 2. The lowest BCUT2D eigenvalue weighted by atomic mass is 10.1. The van der Waals surface area contributed by atoms with Crippen LogP contribution in [0, 0.1) is 0 Å². The number of anilines is 1. The lowest BCUT2D eigenvalue weighted by Gasteiger charge is -2.02. The van der Waals surface area contributed by atoms with Crippen molar-refractivity contribution >= 4 is 16.3 Å². The van der Waals surface area contributed by atoms with Gasteiger partial charge in [-0.25, -0.2) is 0 Å². The van der Waals surface area contributed by atoms with Crippen LogP contribution in [0.4, 0.5) is 5.00 Å². The lowest BCUT2D eigenvalue weighted by Crippen LogP contribution is -2.07. The standard InChI is InChI=1S/C8H12N2S/c9-8-2-1-7(11-8)6-3-4-10-5-6/h1-2,6,10H,3-5,9H2. The Bertz CT molecular complexity index is 238. The minimum atomic E-state index is 0.720. The largest absolute Gasteiger partial charge is 0.391 e. The SMILES string of the molecule is Nc1ccc(C2CCNC2)s1. The average molecular weight is 168 g/mol. The van der Waals surface area contributed by atoms with Crippen LogP contribution in [0.15, 0.2) is 12.1 Å². The van der Waals surface area contributed by atoms with Gasteiger partial charge < -0.3 is 11.1 Å². The molecule has 1 aliphatic rings. The molecule has 0 bridgehead atoms. The third-order valence-corrected chi connectivity index (χ3v) is 3.19. The third-order valence-electron chi connectivity index (χ3n) is 2.11. The van der Waals surface area contributed by atoms with Gasteiger partial charge in [-0.2, -0.15) is 0 Å². The topological polar surface area (TPSA) is 38.0 Å². The smallest absolute Gasteiger partial charge is 0.0859 e. The van der Waals surface area contributed by atoms with Crippen LogP contribution in [0.1, 0.15) is 17.2 Å². The van der Waals surface area contributed by atoms with Crippen molar-refractivity contribution in [2.75, 3.05) is 18.8 Å². The summed E-state index contributed by atoms with van der Waals surface area (Å²) in [4.78, 5) is 1.44. The molecule has 60 valence electrons. The van der Waals surface area contributed by atoms with Gasteiger partial charge in [-0.1, -0.05) is 0 Å². The minimum absolute atomic E-state index is 0.720. The molecule has 3 N–H and O–H groups in total. The van der Waals surface area contributed by atoms with E-state index in [2.05, 4.69) is 11.4 Å². The number of nitrogens with one attached hydrogen (secondary N) is 1. The summed E-state index contributed by atoms with van der Waals surface area (Å²) in [6.07, 6.45) is 1.26. The zero-order valence-electron chi connectivity index (χ0n) is 6.34. The van der Waals surface area contributed by atoms with Crippen LogP contribution in [-0.2, 0) is 0 Å². The second kappa shape index (κ2) is 2.83. The maximum atomic E-state index is 5.64. The molecular weight excluding hydrogens is 156 g/mol. The first kappa shape index (κ1) is 7.13. The summed E-state index contributed by atoms with van der Waals surface area (Å²) in [7, 11) is 0. The summed E-state index contributed by atoms with van der Waals surface area (Å²) in [5.41, 5.74) is 5.64. The molecule has 11 heavy (non-hydrogen) atoms. The van der Waals surface area contributed by atoms with E-state index in [0.29, 0.717) is 0 Å². The first-order valence-electron chi connectivity index (χ1n) is 3.92. The average Bonchev–Trinajstić information content (AvgIpc) is 2.55. The Morgan fingerprint density at radius 3 is 3.00 bits per heavy atom. The molecule has 2 nitrogen and oxygen atoms in total. The Morgan fingerprint density at radius 1 is 1.55 bits per heavy atom. The molecule has 1 fully saturated rings. The van der Waals surface area contributed by atoms with Gasteiger partial charge in [0.15, 0.2) is 0 Å². The number of hydrogen-bond acceptors (Lipinski definition) is 3. The van der Waals surface area contributed by atoms with Crippen molar-refractivity contribution in [2.24, 2.45) is 0 Å². The van der Waals surface area contributed by atoms with Crippen LogP contribution in [0.5, 0.6) is 0 Å². The summed E-state index contributed by atoms with van der Waals surface area (Å²) in [5.74, 6) is 0.720. The van der Waals surface area contributed by atoms with E-state index >= 15 is 0 Å². The number of rotatable bonds is 1. The molecule has 2 rings (SSSR count). The minimum Gasteiger partial charge on any atom is -0.391 e. The van der Waals surface area contributed by atoms with Gasteiger partial charge in [0.05, 0.1) is 5.00 Å². The van der Waals surface area contributed by atoms with Crippen LogP contribution in [-0.4, -0.2) is 13.1 Å². The summed E-state index contributed by atoms with van der Waals surface area (Å²) in [5, 5.41) is 4.28. The highest BCUT2D eigenvalue weighted by Gasteiger charge is 2.17. The lowest BCUT2D eigenvalue weighted by molar-refractivity contribution is 0.779. The van der Waals surface area contributed by atoms with Gasteiger partial charge in [0.2, 0.25) is 0 Å². The van der Waals surface area contributed by atoms with E-state index in [0.717, 1.165) is 24.0 Å². The molecule has 1 aromatic heterocycles. The van der Waals surface area contributed by atoms with Crippen molar-refractivity contribution in [3.05, 3.63) is 17.0 Å². The molecule has 0 spiro atoms. The van der Waals surface area contributed by atoms with E-state index in [1.165, 1.54) is 11.3 Å². The molecule has 1 aliphatic heterocycles. The molecule has 0 saturated carbocycles. The molecule has 1 unspecified atom stereocenters. The van der Waals surface area contributed by atoms with Crippen LogP contribution >= 0.6 is 11.3 Å². The van der Waals surface area contributed by atoms with Crippen LogP contribution in [0.3, 0.4) is 0 Å². The van der Waals surface area contributed by atoms with Crippen molar-refractivity contribution in [1.29, 1.82) is 0 Å². The van der Waals surface area contributed by atoms with Crippen molar-refractivity contribution in [3.8, 4) is 0 Å². The van der Waals surface area contributed by atoms with E-state index in [1.54, 1.807) is 11.3 Å². The monoisotopic (exact) mass is 168 g/mol. The molecule has 2 heterocycles. The number of nitrogen functional groups attached to an aromatic ring is 1. The maximum absolute atomic E-state index is 5.64. The summed E-state index contributed by atoms with van der Waals surface area (Å²) < 4.78 is 0. The third kappa shape index (κ3) is 1.39. The fourth-order valence-electron chi connectivity index (χ4n) is 1.49. The molecule has 0 aromatic carbocycles. The molecule has 0 radical (unpaired) electrons. The second-order valence-corrected chi connectivity index (χ2v) is 4.08. The van der Waals surface area contributed by atoms with Gasteiger partial charge in [0.25, 0.3) is 0 Å². The molecular formula is C8H12N2S. The van der Waals surface area contributed by atoms with Gasteiger partial charge in [-0.15, -0.1) is 11.3 Å². The Balaban J connectivity index is 2.15. The molecule has 0 amide bonds. The van der Waals surface area contributed by atoms with Gasteiger partial charge in [0.1, 0.15) is 0 Å². The van der Waals surface area contributed by atoms with Crippen LogP contribution < -0.4 is 11.1 Å². The van der Waals surface area contributed by atoms with Gasteiger partial charge in [-0.3, -0.25) is 0 Å². The number of nitrogens with two attached hydrogens (primary N) is 1. The molecule has 0 aliphatic carbocycles. The zero-order valence-corrected chi connectivity index (χ0v) is 7.16. The Kier molecular flexibility index (Phi) is 1.84. The highest BCUT2D eigenvalue weighted by molar-refractivity contribution is 7.15. The number of thiophene rings is 1. The van der Waals surface area contributed by atoms with Crippen LogP contribution in [0.2, 0.25) is 0 Å². The first-order valence-corrected chi connectivity index (χ1v) is 4.74. The molecule has 1 aromatic rings. The van der Waals surface area contributed by atoms with Crippen molar-refractivity contribution in [2.45, 2.75) is 12.3 Å². The fourth-order valence-corrected chi connectivity index (χ4v) is 2.40. The summed E-state index contributed by atoms with van der Waals surface area (Å²) >= 11 is 1.72. The molecule has 3 heteroatoms. The predicted octanol–water partition coefficient (Wildman–Crippen LogP) is 1.41. The van der Waals surface area contributed by atoms with Crippen LogP contribution in [0.25, 0.3) is 0 Å². The van der Waals surface area contributed by atoms with Gasteiger partial charge >= 0.3 is 0 Å². The van der Waals surface area contributed by atoms with Crippen molar-refractivity contribution in [1.82, 2.24) is 5.32 Å². The van der Waals surface area contributed by atoms with Gasteiger partial charge in [0, 0.05) is 17.3 Å². The van der Waals surface area contributed by atoms with E-state index in [9.17, 15) is 0 Å².